The number of carboxylic acid groups (broad SMARTS) is 1. The Hall–Kier alpha value is -3.80. The Labute approximate surface area is 169 Å². The number of ether oxygens (including phenoxy) is 2. The van der Waals surface area contributed by atoms with E-state index in [1.54, 1.807) is 74.9 Å². The van der Waals surface area contributed by atoms with Crippen molar-refractivity contribution in [2.24, 2.45) is 0 Å². The number of aliphatic hydroxyl groups is 1. The Morgan fingerprint density at radius 3 is 1.66 bits per heavy atom. The van der Waals surface area contributed by atoms with Gasteiger partial charge in [-0.2, -0.15) is 0 Å². The van der Waals surface area contributed by atoms with Crippen LogP contribution in [0.3, 0.4) is 0 Å². The van der Waals surface area contributed by atoms with Crippen LogP contribution in [0.15, 0.2) is 72.0 Å². The third-order valence-corrected chi connectivity index (χ3v) is 4.03. The second-order valence-corrected chi connectivity index (χ2v) is 6.01. The highest BCUT2D eigenvalue weighted by Crippen LogP contribution is 2.17. The van der Waals surface area contributed by atoms with Crippen molar-refractivity contribution in [2.75, 3.05) is 14.2 Å². The second kappa shape index (κ2) is 10.5. The van der Waals surface area contributed by atoms with Crippen LogP contribution in [0.2, 0.25) is 0 Å². The third kappa shape index (κ3) is 6.70. The third-order valence-electron chi connectivity index (χ3n) is 4.03. The molecule has 0 aliphatic rings. The first-order valence-electron chi connectivity index (χ1n) is 8.75. The van der Waals surface area contributed by atoms with Gasteiger partial charge in [-0.25, -0.2) is 0 Å². The molecule has 150 valence electrons. The van der Waals surface area contributed by atoms with Crippen molar-refractivity contribution in [3.63, 3.8) is 0 Å². The molecule has 0 amide bonds. The normalized spacial score (nSPS) is 12.1. The minimum atomic E-state index is -1.21. The van der Waals surface area contributed by atoms with Crippen molar-refractivity contribution < 1.29 is 29.3 Å². The molecular weight excluding hydrogens is 372 g/mol. The predicted molar refractivity (Wildman–Crippen MR) is 111 cm³/mol. The van der Waals surface area contributed by atoms with Crippen molar-refractivity contribution in [1.82, 2.24) is 0 Å². The largest absolute Gasteiger partial charge is 0.508 e. The monoisotopic (exact) mass is 394 g/mol. The second-order valence-electron chi connectivity index (χ2n) is 6.01. The summed E-state index contributed by atoms with van der Waals surface area (Å²) < 4.78 is 10.2. The number of aliphatic hydroxyl groups excluding tert-OH is 1. The van der Waals surface area contributed by atoms with Crippen molar-refractivity contribution >= 4 is 23.9 Å². The zero-order valence-electron chi connectivity index (χ0n) is 16.2. The standard InChI is InChI=1S/C23H22O6/c1-28-18-9-3-16(4-10-18)7-13-21(24)20(15-23(26)27)22(25)14-8-17-5-11-19(29-2)12-6-17/h3-14,24H,15H2,1-2H3,(H,26,27)/b13-7+,14-8+,21-20-. The molecule has 0 saturated carbocycles. The van der Waals surface area contributed by atoms with Crippen LogP contribution in [0.25, 0.3) is 12.2 Å². The molecule has 2 rings (SSSR count). The molecule has 2 aromatic rings. The Morgan fingerprint density at radius 1 is 0.793 bits per heavy atom. The fourth-order valence-corrected chi connectivity index (χ4v) is 2.43. The van der Waals surface area contributed by atoms with Gasteiger partial charge in [0.15, 0.2) is 5.78 Å². The number of carbonyl (C=O) groups is 2. The minimum Gasteiger partial charge on any atom is -0.508 e. The van der Waals surface area contributed by atoms with Crippen molar-refractivity contribution in [3.8, 4) is 11.5 Å². The van der Waals surface area contributed by atoms with E-state index in [4.69, 9.17) is 14.6 Å². The lowest BCUT2D eigenvalue weighted by molar-refractivity contribution is -0.136. The SMILES string of the molecule is COc1ccc(/C=C/C(=O)/C(CC(=O)O)=C(O)/C=C/c2ccc(OC)cc2)cc1. The molecule has 6 heteroatoms. The van der Waals surface area contributed by atoms with E-state index < -0.39 is 23.9 Å². The summed E-state index contributed by atoms with van der Waals surface area (Å²) in [4.78, 5) is 23.6. The highest BCUT2D eigenvalue weighted by molar-refractivity contribution is 6.09. The minimum absolute atomic E-state index is 0.202. The highest BCUT2D eigenvalue weighted by Gasteiger charge is 2.15. The number of hydrogen-bond donors (Lipinski definition) is 2. The molecule has 0 heterocycles. The zero-order valence-corrected chi connectivity index (χ0v) is 16.2. The van der Waals surface area contributed by atoms with Gasteiger partial charge in [-0.3, -0.25) is 9.59 Å². The first kappa shape index (κ1) is 21.5. The van der Waals surface area contributed by atoms with E-state index in [1.165, 1.54) is 12.2 Å². The molecule has 0 bridgehead atoms. The quantitative estimate of drug-likeness (QED) is 0.374. The Morgan fingerprint density at radius 2 is 1.24 bits per heavy atom. The van der Waals surface area contributed by atoms with Gasteiger partial charge in [-0.15, -0.1) is 0 Å². The number of carboxylic acids is 1. The molecule has 0 atom stereocenters. The molecule has 6 nitrogen and oxygen atoms in total. The van der Waals surface area contributed by atoms with Crippen LogP contribution in [-0.4, -0.2) is 36.2 Å². The number of benzene rings is 2. The number of carbonyl (C=O) groups excluding carboxylic acids is 1. The fourth-order valence-electron chi connectivity index (χ4n) is 2.43. The van der Waals surface area contributed by atoms with Crippen LogP contribution in [-0.2, 0) is 9.59 Å². The molecule has 0 unspecified atom stereocenters. The number of ketones is 1. The lowest BCUT2D eigenvalue weighted by atomic mass is 10.0. The van der Waals surface area contributed by atoms with Gasteiger partial charge in [0.05, 0.1) is 26.2 Å². The first-order chi connectivity index (χ1) is 13.9. The van der Waals surface area contributed by atoms with Crippen LogP contribution in [0.5, 0.6) is 11.5 Å². The van der Waals surface area contributed by atoms with Gasteiger partial charge >= 0.3 is 5.97 Å². The van der Waals surface area contributed by atoms with Crippen LogP contribution in [0, 0.1) is 0 Å². The van der Waals surface area contributed by atoms with E-state index in [0.29, 0.717) is 11.5 Å². The summed E-state index contributed by atoms with van der Waals surface area (Å²) in [5.41, 5.74) is 1.29. The lowest BCUT2D eigenvalue weighted by Gasteiger charge is -2.04. The van der Waals surface area contributed by atoms with Crippen molar-refractivity contribution in [1.29, 1.82) is 0 Å². The van der Waals surface area contributed by atoms with Gasteiger partial charge in [-0.1, -0.05) is 36.4 Å². The average Bonchev–Trinajstić information content (AvgIpc) is 2.74. The molecule has 0 aromatic heterocycles. The maximum absolute atomic E-state index is 12.5. The smallest absolute Gasteiger partial charge is 0.308 e. The number of hydrogen-bond acceptors (Lipinski definition) is 5. The van der Waals surface area contributed by atoms with E-state index in [2.05, 4.69) is 0 Å². The zero-order chi connectivity index (χ0) is 21.2. The van der Waals surface area contributed by atoms with Crippen LogP contribution < -0.4 is 9.47 Å². The number of allylic oxidation sites excluding steroid dienone is 2. The van der Waals surface area contributed by atoms with E-state index in [1.807, 2.05) is 0 Å². The summed E-state index contributed by atoms with van der Waals surface area (Å²) >= 11 is 0. The van der Waals surface area contributed by atoms with Gasteiger partial charge < -0.3 is 19.7 Å². The topological polar surface area (TPSA) is 93.1 Å². The van der Waals surface area contributed by atoms with E-state index in [0.717, 1.165) is 11.1 Å². The number of methoxy groups -OCH3 is 2. The average molecular weight is 394 g/mol. The molecule has 2 N–H and O–H groups in total. The number of aliphatic carboxylic acids is 1. The van der Waals surface area contributed by atoms with Gasteiger partial charge in [0, 0.05) is 0 Å². The molecule has 0 spiro atoms. The molecule has 0 radical (unpaired) electrons. The number of rotatable bonds is 9. The first-order valence-corrected chi connectivity index (χ1v) is 8.75. The molecule has 0 fully saturated rings. The molecular formula is C23H22O6. The summed E-state index contributed by atoms with van der Waals surface area (Å²) in [6.07, 6.45) is 5.07. The summed E-state index contributed by atoms with van der Waals surface area (Å²) in [6, 6.07) is 14.0. The van der Waals surface area contributed by atoms with E-state index >= 15 is 0 Å². The lowest BCUT2D eigenvalue weighted by Crippen LogP contribution is -2.08. The Bertz CT molecular complexity index is 934. The molecule has 29 heavy (non-hydrogen) atoms. The van der Waals surface area contributed by atoms with Crippen LogP contribution in [0.1, 0.15) is 17.5 Å². The summed E-state index contributed by atoms with van der Waals surface area (Å²) in [5.74, 6) is -0.822. The highest BCUT2D eigenvalue weighted by atomic mass is 16.5. The van der Waals surface area contributed by atoms with Crippen LogP contribution in [0.4, 0.5) is 0 Å². The summed E-state index contributed by atoms with van der Waals surface area (Å²) in [7, 11) is 3.11. The fraction of sp³-hybridized carbons (Fsp3) is 0.130. The van der Waals surface area contributed by atoms with Gasteiger partial charge in [-0.05, 0) is 47.5 Å². The van der Waals surface area contributed by atoms with Crippen molar-refractivity contribution in [3.05, 3.63) is 83.1 Å². The molecule has 0 aliphatic heterocycles. The maximum atomic E-state index is 12.5. The van der Waals surface area contributed by atoms with Gasteiger partial charge in [0.25, 0.3) is 0 Å². The van der Waals surface area contributed by atoms with Crippen molar-refractivity contribution in [2.45, 2.75) is 6.42 Å². The Kier molecular flexibility index (Phi) is 7.79. The summed E-state index contributed by atoms with van der Waals surface area (Å²) in [6.45, 7) is 0. The van der Waals surface area contributed by atoms with E-state index in [-0.39, 0.29) is 5.57 Å². The van der Waals surface area contributed by atoms with Crippen LogP contribution >= 0.6 is 0 Å². The molecule has 2 aromatic carbocycles. The molecule has 0 saturated heterocycles. The molecule has 0 aliphatic carbocycles. The Balaban J connectivity index is 2.22. The predicted octanol–water partition coefficient (Wildman–Crippen LogP) is 4.29. The van der Waals surface area contributed by atoms with Gasteiger partial charge in [0.1, 0.15) is 17.3 Å². The van der Waals surface area contributed by atoms with Gasteiger partial charge in [0.2, 0.25) is 0 Å². The maximum Gasteiger partial charge on any atom is 0.308 e. The summed E-state index contributed by atoms with van der Waals surface area (Å²) in [5, 5.41) is 19.4. The van der Waals surface area contributed by atoms with E-state index in [9.17, 15) is 14.7 Å².